The fourth-order valence-electron chi connectivity index (χ4n) is 5.67. The van der Waals surface area contributed by atoms with E-state index in [-0.39, 0.29) is 46.7 Å². The maximum Gasteiger partial charge on any atom is 0.428 e. The minimum Gasteiger partial charge on any atom is -0.372 e. The van der Waals surface area contributed by atoms with Gasteiger partial charge in [-0.1, -0.05) is 58.3 Å². The van der Waals surface area contributed by atoms with Crippen LogP contribution < -0.4 is 5.32 Å². The van der Waals surface area contributed by atoms with Gasteiger partial charge in [-0.3, -0.25) is 0 Å². The van der Waals surface area contributed by atoms with E-state index >= 15 is 0 Å². The van der Waals surface area contributed by atoms with Gasteiger partial charge in [0.15, 0.2) is 22.6 Å². The zero-order valence-corrected chi connectivity index (χ0v) is 32.0. The highest BCUT2D eigenvalue weighted by Crippen LogP contribution is 2.43. The van der Waals surface area contributed by atoms with Crippen molar-refractivity contribution in [1.29, 1.82) is 0 Å². The van der Waals surface area contributed by atoms with E-state index in [4.69, 9.17) is 20.6 Å². The van der Waals surface area contributed by atoms with E-state index in [0.717, 1.165) is 10.9 Å². The average molecular weight is 908 g/mol. The van der Waals surface area contributed by atoms with Crippen LogP contribution in [-0.2, 0) is 12.8 Å². The van der Waals surface area contributed by atoms with Crippen molar-refractivity contribution in [1.82, 2.24) is 49.8 Å². The molecule has 2 N–H and O–H groups in total. The van der Waals surface area contributed by atoms with Gasteiger partial charge in [0.05, 0.1) is 30.3 Å². The van der Waals surface area contributed by atoms with Crippen molar-refractivity contribution in [2.75, 3.05) is 11.9 Å². The molecular weight excluding hydrogens is 884 g/mol. The Balaban J connectivity index is 0.000000200. The number of rotatable bonds is 11. The summed E-state index contributed by atoms with van der Waals surface area (Å²) < 4.78 is 145. The van der Waals surface area contributed by atoms with Crippen molar-refractivity contribution in [2.24, 2.45) is 0 Å². The van der Waals surface area contributed by atoms with Crippen LogP contribution in [0.3, 0.4) is 0 Å². The first-order valence-electron chi connectivity index (χ1n) is 17.7. The lowest BCUT2D eigenvalue weighted by Gasteiger charge is -2.32. The molecule has 0 saturated heterocycles. The van der Waals surface area contributed by atoms with Crippen molar-refractivity contribution < 1.29 is 58.1 Å². The van der Waals surface area contributed by atoms with Gasteiger partial charge in [0.25, 0.3) is 17.5 Å². The summed E-state index contributed by atoms with van der Waals surface area (Å²) in [4.78, 5) is 15.0. The summed E-state index contributed by atoms with van der Waals surface area (Å²) in [6.07, 6.45) is -5.08. The molecule has 25 heteroatoms. The van der Waals surface area contributed by atoms with E-state index in [1.165, 1.54) is 59.1 Å². The Morgan fingerprint density at radius 2 is 1.08 bits per heavy atom. The number of aliphatic hydroxyl groups is 1. The van der Waals surface area contributed by atoms with Gasteiger partial charge in [0.1, 0.15) is 35.5 Å². The van der Waals surface area contributed by atoms with Crippen LogP contribution in [0.4, 0.5) is 49.7 Å². The largest absolute Gasteiger partial charge is 0.428 e. The van der Waals surface area contributed by atoms with Crippen LogP contribution in [0.15, 0.2) is 107 Å². The van der Waals surface area contributed by atoms with E-state index in [1.807, 2.05) is 0 Å². The molecule has 8 rings (SSSR count). The van der Waals surface area contributed by atoms with Crippen molar-refractivity contribution >= 4 is 17.4 Å². The van der Waals surface area contributed by atoms with Gasteiger partial charge in [-0.05, 0) is 23.3 Å². The quantitative estimate of drug-likeness (QED) is 0.0942. The number of nitrogens with zero attached hydrogens (tertiary/aromatic N) is 10. The molecule has 63 heavy (non-hydrogen) atoms. The molecule has 0 saturated carbocycles. The molecule has 0 amide bonds. The Morgan fingerprint density at radius 3 is 1.51 bits per heavy atom. The number of hydrogen-bond acceptors (Lipinski definition) is 12. The second kappa shape index (κ2) is 17.6. The van der Waals surface area contributed by atoms with Crippen LogP contribution in [-0.4, -0.2) is 79.4 Å². The van der Waals surface area contributed by atoms with Gasteiger partial charge in [0.2, 0.25) is 0 Å². The number of benzene rings is 2. The molecule has 8 aromatic rings. The maximum absolute atomic E-state index is 14.2. The van der Waals surface area contributed by atoms with Gasteiger partial charge in [-0.2, -0.15) is 46.5 Å². The molecule has 0 spiro atoms. The molecule has 0 fully saturated rings. The van der Waals surface area contributed by atoms with E-state index < -0.39 is 53.7 Å². The molecule has 14 nitrogen and oxygen atoms in total. The number of nitrogens with one attached hydrogen (secondary N) is 1. The highest BCUT2D eigenvalue weighted by atomic mass is 35.5. The second-order valence-corrected chi connectivity index (χ2v) is 13.4. The minimum absolute atomic E-state index is 0.0572. The smallest absolute Gasteiger partial charge is 0.372 e. The van der Waals surface area contributed by atoms with Gasteiger partial charge >= 0.3 is 12.4 Å². The lowest BCUT2D eigenvalue weighted by molar-refractivity contribution is -0.362. The second-order valence-electron chi connectivity index (χ2n) is 13.1. The summed E-state index contributed by atoms with van der Waals surface area (Å²) in [5, 5.41) is 26.8. The Morgan fingerprint density at radius 1 is 0.619 bits per heavy atom. The average Bonchev–Trinajstić information content (AvgIpc) is 4.08. The number of aromatic nitrogens is 10. The van der Waals surface area contributed by atoms with E-state index in [0.29, 0.717) is 34.3 Å². The maximum atomic E-state index is 14.2. The zero-order valence-electron chi connectivity index (χ0n) is 31.3. The van der Waals surface area contributed by atoms with Crippen LogP contribution >= 0.6 is 11.6 Å². The number of hydrogen-bond donors (Lipinski definition) is 2. The van der Waals surface area contributed by atoms with Gasteiger partial charge in [-0.25, -0.2) is 36.9 Å². The Labute approximate surface area is 350 Å². The van der Waals surface area contributed by atoms with E-state index in [2.05, 4.69) is 40.4 Å². The van der Waals surface area contributed by atoms with Crippen LogP contribution in [0.5, 0.6) is 0 Å². The van der Waals surface area contributed by atoms with Crippen molar-refractivity contribution in [2.45, 2.75) is 30.8 Å². The van der Waals surface area contributed by atoms with Crippen molar-refractivity contribution in [3.63, 3.8) is 0 Å². The molecule has 2 aromatic carbocycles. The molecule has 0 aliphatic rings. The molecule has 0 atom stereocenters. The Bertz CT molecular complexity index is 2820. The van der Waals surface area contributed by atoms with Crippen molar-refractivity contribution in [3.8, 4) is 34.4 Å². The monoisotopic (exact) mass is 907 g/mol. The van der Waals surface area contributed by atoms with Gasteiger partial charge < -0.3 is 19.5 Å². The minimum atomic E-state index is -6.12. The van der Waals surface area contributed by atoms with Crippen LogP contribution in [0.2, 0.25) is 5.15 Å². The van der Waals surface area contributed by atoms with Crippen LogP contribution in [0, 0.1) is 23.3 Å². The normalized spacial score (nSPS) is 12.0. The van der Waals surface area contributed by atoms with E-state index in [9.17, 15) is 49.0 Å². The number of alkyl halides is 6. The molecular formula is C38H24ClF10N11O3. The molecule has 6 heterocycles. The molecule has 0 bridgehead atoms. The SMILES string of the molecule is Fc1ccccc1Cc1nn(-c2ncc(F)c(Cl)n2)cc1-c1ccon1.OC(CNc1nc(-n2cc(-c3ccon3)c(Cc3ccccc3F)n2)ncc1F)(C(F)(F)F)C(F)(F)F. The Hall–Kier alpha value is -7.21. The third kappa shape index (κ3) is 9.50. The number of anilines is 1. The lowest BCUT2D eigenvalue weighted by atomic mass is 10.0. The van der Waals surface area contributed by atoms with Crippen LogP contribution in [0.1, 0.15) is 22.5 Å². The third-order valence-electron chi connectivity index (χ3n) is 8.92. The summed E-state index contributed by atoms with van der Waals surface area (Å²) in [5.74, 6) is -4.44. The highest BCUT2D eigenvalue weighted by Gasteiger charge is 2.70. The molecule has 0 aliphatic heterocycles. The van der Waals surface area contributed by atoms with Gasteiger partial charge in [0, 0.05) is 48.5 Å². The molecule has 6 aromatic heterocycles. The summed E-state index contributed by atoms with van der Waals surface area (Å²) in [6.45, 7) is -2.19. The zero-order chi connectivity index (χ0) is 45.1. The summed E-state index contributed by atoms with van der Waals surface area (Å²) in [5.41, 5.74) is -1.99. The predicted molar refractivity (Wildman–Crippen MR) is 198 cm³/mol. The first-order valence-corrected chi connectivity index (χ1v) is 18.1. The van der Waals surface area contributed by atoms with Crippen molar-refractivity contribution in [3.05, 3.63) is 149 Å². The topological polar surface area (TPSA) is 172 Å². The standard InChI is InChI=1S/C21H14F8N6O2.C17H10ClF2N5O/c22-13-4-2-1-3-11(13)7-16-12(15-5-6-37-34-15)9-35(33-16)18-30-8-14(23)17(32-18)31-10-19(36,20(24,25)26)21(27,28)29;18-16-13(20)8-21-17(22-16)25-9-11(14-5-6-26-24-14)15(23-25)7-10-3-1-2-4-12(10)19/h1-6,8-9,36H,7,10H2,(H,30,31,32);1-6,8-9H,7H2. The molecule has 326 valence electrons. The first-order chi connectivity index (χ1) is 29.9. The fraction of sp³-hybridized carbons (Fsp3) is 0.158. The first kappa shape index (κ1) is 43.9. The predicted octanol–water partition coefficient (Wildman–Crippen LogP) is 8.29. The molecule has 0 aliphatic carbocycles. The highest BCUT2D eigenvalue weighted by molar-refractivity contribution is 6.29. The molecule has 0 radical (unpaired) electrons. The number of halogens is 11. The summed E-state index contributed by atoms with van der Waals surface area (Å²) in [7, 11) is 0. The summed E-state index contributed by atoms with van der Waals surface area (Å²) in [6, 6.07) is 15.3. The summed E-state index contributed by atoms with van der Waals surface area (Å²) >= 11 is 5.72. The van der Waals surface area contributed by atoms with Crippen LogP contribution in [0.25, 0.3) is 34.4 Å². The van der Waals surface area contributed by atoms with Gasteiger partial charge in [-0.15, -0.1) is 0 Å². The third-order valence-corrected chi connectivity index (χ3v) is 9.18. The Kier molecular flexibility index (Phi) is 12.3. The fourth-order valence-corrected chi connectivity index (χ4v) is 5.80. The van der Waals surface area contributed by atoms with E-state index in [1.54, 1.807) is 36.5 Å². The molecule has 0 unspecified atom stereocenters. The lowest BCUT2D eigenvalue weighted by Crippen LogP contribution is -2.61.